The van der Waals surface area contributed by atoms with Gasteiger partial charge in [-0.05, 0) is 36.4 Å². The molecule has 0 bridgehead atoms. The predicted octanol–water partition coefficient (Wildman–Crippen LogP) is 2.88. The molecule has 8 heteroatoms. The minimum atomic E-state index is -0.677. The maximum atomic E-state index is 13.1. The summed E-state index contributed by atoms with van der Waals surface area (Å²) in [6.45, 7) is 0.0686. The van der Waals surface area contributed by atoms with Crippen LogP contribution in [-0.2, 0) is 0 Å². The molecule has 2 N–H and O–H groups in total. The molecular weight excluding hydrogens is 315 g/mol. The summed E-state index contributed by atoms with van der Waals surface area (Å²) < 4.78 is 13.1. The van der Waals surface area contributed by atoms with Crippen molar-refractivity contribution in [3.05, 3.63) is 64.0 Å². The van der Waals surface area contributed by atoms with E-state index < -0.39 is 16.6 Å². The van der Waals surface area contributed by atoms with Gasteiger partial charge < -0.3 is 10.6 Å². The van der Waals surface area contributed by atoms with Gasteiger partial charge in [0.2, 0.25) is 0 Å². The van der Waals surface area contributed by atoms with Crippen molar-refractivity contribution >= 4 is 23.0 Å². The number of anilines is 2. The first kappa shape index (κ1) is 16.9. The van der Waals surface area contributed by atoms with Crippen molar-refractivity contribution in [1.82, 2.24) is 0 Å². The predicted molar refractivity (Wildman–Crippen MR) is 85.8 cm³/mol. The minimum Gasteiger partial charge on any atom is -0.393 e. The number of amides is 1. The number of nitriles is 1. The Kier molecular flexibility index (Phi) is 5.06. The number of carbonyl (C=O) groups excluding carboxylic acids is 1. The van der Waals surface area contributed by atoms with E-state index in [1.807, 2.05) is 6.07 Å². The first-order valence-electron chi connectivity index (χ1n) is 6.92. The minimum absolute atomic E-state index is 0.0538. The molecule has 0 aliphatic carbocycles. The van der Waals surface area contributed by atoms with Gasteiger partial charge in [0, 0.05) is 23.9 Å². The molecule has 7 nitrogen and oxygen atoms in total. The quantitative estimate of drug-likeness (QED) is 0.515. The van der Waals surface area contributed by atoms with Crippen LogP contribution >= 0.6 is 0 Å². The van der Waals surface area contributed by atoms with Crippen LogP contribution in [0.2, 0.25) is 0 Å². The van der Waals surface area contributed by atoms with Crippen molar-refractivity contribution in [3.8, 4) is 6.07 Å². The summed E-state index contributed by atoms with van der Waals surface area (Å²) >= 11 is 0. The second kappa shape index (κ2) is 7.19. The molecule has 0 heterocycles. The van der Waals surface area contributed by atoms with Crippen LogP contribution in [0.25, 0.3) is 0 Å². The molecule has 0 aliphatic rings. The maximum absolute atomic E-state index is 13.1. The van der Waals surface area contributed by atoms with Crippen molar-refractivity contribution < 1.29 is 14.1 Å². The summed E-state index contributed by atoms with van der Waals surface area (Å²) in [7, 11) is 0. The number of nitrogen functional groups attached to an aromatic ring is 1. The number of hydrogen-bond donors (Lipinski definition) is 1. The highest BCUT2D eigenvalue weighted by atomic mass is 19.1. The second-order valence-electron chi connectivity index (χ2n) is 4.87. The topological polar surface area (TPSA) is 113 Å². The molecule has 0 saturated carbocycles. The Balaban J connectivity index is 2.41. The van der Waals surface area contributed by atoms with Gasteiger partial charge in [0.25, 0.3) is 11.6 Å². The van der Waals surface area contributed by atoms with Crippen LogP contribution in [0.3, 0.4) is 0 Å². The number of rotatable bonds is 5. The van der Waals surface area contributed by atoms with Crippen LogP contribution in [0.5, 0.6) is 0 Å². The van der Waals surface area contributed by atoms with E-state index in [4.69, 9.17) is 11.0 Å². The average molecular weight is 328 g/mol. The fraction of sp³-hybridized carbons (Fsp3) is 0.125. The fourth-order valence-electron chi connectivity index (χ4n) is 2.12. The lowest BCUT2D eigenvalue weighted by molar-refractivity contribution is -0.383. The highest BCUT2D eigenvalue weighted by molar-refractivity contribution is 6.06. The van der Waals surface area contributed by atoms with Gasteiger partial charge in [-0.25, -0.2) is 4.39 Å². The van der Waals surface area contributed by atoms with E-state index >= 15 is 0 Å². The number of halogens is 1. The molecule has 2 aromatic carbocycles. The summed E-state index contributed by atoms with van der Waals surface area (Å²) in [4.78, 5) is 24.2. The van der Waals surface area contributed by atoms with Crippen molar-refractivity contribution in [3.63, 3.8) is 0 Å². The molecule has 0 fully saturated rings. The van der Waals surface area contributed by atoms with Gasteiger partial charge in [0.1, 0.15) is 11.5 Å². The molecular formula is C16H13FN4O3. The molecule has 0 radical (unpaired) electrons. The molecule has 0 unspecified atom stereocenters. The monoisotopic (exact) mass is 328 g/mol. The summed E-state index contributed by atoms with van der Waals surface area (Å²) in [6.07, 6.45) is 0.0557. The van der Waals surface area contributed by atoms with Crippen LogP contribution in [0, 0.1) is 27.3 Å². The number of hydrogen-bond acceptors (Lipinski definition) is 5. The molecule has 2 rings (SSSR count). The molecule has 2 aromatic rings. The van der Waals surface area contributed by atoms with E-state index in [0.29, 0.717) is 5.69 Å². The Morgan fingerprint density at radius 3 is 2.54 bits per heavy atom. The number of nitrogens with zero attached hydrogens (tertiary/aromatic N) is 3. The average Bonchev–Trinajstić information content (AvgIpc) is 2.56. The summed E-state index contributed by atoms with van der Waals surface area (Å²) in [5.41, 5.74) is 5.53. The zero-order valence-corrected chi connectivity index (χ0v) is 12.5. The molecule has 0 aromatic heterocycles. The Morgan fingerprint density at radius 2 is 1.96 bits per heavy atom. The number of carbonyl (C=O) groups is 1. The number of benzene rings is 2. The number of nitrogens with two attached hydrogens (primary N) is 1. The highest BCUT2D eigenvalue weighted by Crippen LogP contribution is 2.25. The molecule has 24 heavy (non-hydrogen) atoms. The van der Waals surface area contributed by atoms with Crippen molar-refractivity contribution in [2.45, 2.75) is 6.42 Å². The standard InChI is InChI=1S/C16H13FN4O3/c17-12-3-5-13(6-4-12)20(9-1-8-18)16(22)11-2-7-14(19)15(10-11)21(23)24/h2-7,10H,1,9,19H2. The second-order valence-corrected chi connectivity index (χ2v) is 4.87. The molecule has 0 saturated heterocycles. The van der Waals surface area contributed by atoms with E-state index in [-0.39, 0.29) is 29.9 Å². The summed E-state index contributed by atoms with van der Waals surface area (Å²) in [5.74, 6) is -1.01. The van der Waals surface area contributed by atoms with E-state index in [1.54, 1.807) is 0 Å². The first-order chi connectivity index (χ1) is 11.4. The zero-order chi connectivity index (χ0) is 17.7. The van der Waals surface area contributed by atoms with Gasteiger partial charge >= 0.3 is 0 Å². The Morgan fingerprint density at radius 1 is 1.29 bits per heavy atom. The smallest absolute Gasteiger partial charge is 0.292 e. The SMILES string of the molecule is N#CCCN(C(=O)c1ccc(N)c([N+](=O)[O-])c1)c1ccc(F)cc1. The van der Waals surface area contributed by atoms with Crippen LogP contribution in [0.1, 0.15) is 16.8 Å². The molecule has 0 spiro atoms. The largest absolute Gasteiger partial charge is 0.393 e. The maximum Gasteiger partial charge on any atom is 0.292 e. The summed E-state index contributed by atoms with van der Waals surface area (Å²) in [6, 6.07) is 10.8. The van der Waals surface area contributed by atoms with E-state index in [9.17, 15) is 19.3 Å². The van der Waals surface area contributed by atoms with Gasteiger partial charge in [-0.1, -0.05) is 0 Å². The normalized spacial score (nSPS) is 10.0. The third-order valence-electron chi connectivity index (χ3n) is 3.30. The number of nitro benzene ring substituents is 1. The lowest BCUT2D eigenvalue weighted by atomic mass is 10.1. The van der Waals surface area contributed by atoms with Gasteiger partial charge in [0.15, 0.2) is 0 Å². The van der Waals surface area contributed by atoms with E-state index in [2.05, 4.69) is 0 Å². The van der Waals surface area contributed by atoms with Crippen LogP contribution in [-0.4, -0.2) is 17.4 Å². The lowest BCUT2D eigenvalue weighted by Crippen LogP contribution is -2.31. The lowest BCUT2D eigenvalue weighted by Gasteiger charge is -2.22. The van der Waals surface area contributed by atoms with Crippen molar-refractivity contribution in [1.29, 1.82) is 5.26 Å². The van der Waals surface area contributed by atoms with Crippen molar-refractivity contribution in [2.75, 3.05) is 17.2 Å². The van der Waals surface area contributed by atoms with E-state index in [1.165, 1.54) is 41.3 Å². The van der Waals surface area contributed by atoms with Gasteiger partial charge in [-0.3, -0.25) is 14.9 Å². The summed E-state index contributed by atoms with van der Waals surface area (Å²) in [5, 5.41) is 19.7. The van der Waals surface area contributed by atoms with Crippen LogP contribution < -0.4 is 10.6 Å². The van der Waals surface area contributed by atoms with E-state index in [0.717, 1.165) is 6.07 Å². The Bertz CT molecular complexity index is 815. The van der Waals surface area contributed by atoms with Gasteiger partial charge in [-0.2, -0.15) is 5.26 Å². The fourth-order valence-corrected chi connectivity index (χ4v) is 2.12. The molecule has 0 aliphatic heterocycles. The van der Waals surface area contributed by atoms with Gasteiger partial charge in [0.05, 0.1) is 17.4 Å². The third-order valence-corrected chi connectivity index (χ3v) is 3.30. The highest BCUT2D eigenvalue weighted by Gasteiger charge is 2.21. The van der Waals surface area contributed by atoms with Crippen LogP contribution in [0.4, 0.5) is 21.5 Å². The molecule has 0 atom stereocenters. The van der Waals surface area contributed by atoms with Crippen LogP contribution in [0.15, 0.2) is 42.5 Å². The third kappa shape index (κ3) is 3.64. The Hall–Kier alpha value is -3.47. The van der Waals surface area contributed by atoms with Gasteiger partial charge in [-0.15, -0.1) is 0 Å². The van der Waals surface area contributed by atoms with Crippen molar-refractivity contribution in [2.24, 2.45) is 0 Å². The number of nitro groups is 1. The first-order valence-corrected chi connectivity index (χ1v) is 6.92. The molecule has 1 amide bonds. The zero-order valence-electron chi connectivity index (χ0n) is 12.5. The Labute approximate surface area is 136 Å². The molecule has 122 valence electrons.